The van der Waals surface area contributed by atoms with E-state index in [4.69, 9.17) is 4.74 Å². The highest BCUT2D eigenvalue weighted by molar-refractivity contribution is 5.89. The number of phenols is 1. The van der Waals surface area contributed by atoms with Crippen LogP contribution in [0.25, 0.3) is 0 Å². The Morgan fingerprint density at radius 1 is 1.11 bits per heavy atom. The topological polar surface area (TPSA) is 58.6 Å². The maximum Gasteiger partial charge on any atom is 0.420 e. The van der Waals surface area contributed by atoms with Gasteiger partial charge in [-0.2, -0.15) is 13.2 Å². The van der Waals surface area contributed by atoms with Gasteiger partial charge in [0.2, 0.25) is 0 Å². The Bertz CT molecular complexity index is 752. The molecule has 0 atom stereocenters. The second kappa shape index (κ2) is 10.2. The van der Waals surface area contributed by atoms with E-state index in [1.807, 2.05) is 0 Å². The van der Waals surface area contributed by atoms with Crippen molar-refractivity contribution >= 4 is 18.4 Å². The number of ether oxygens (including phenoxy) is 1. The Labute approximate surface area is 161 Å². The lowest BCUT2D eigenvalue weighted by molar-refractivity contribution is -0.139. The first-order valence-electron chi connectivity index (χ1n) is 8.12. The molecule has 4 nitrogen and oxygen atoms in total. The molecular formula is C19H21ClF3NO3. The first-order chi connectivity index (χ1) is 12.3. The van der Waals surface area contributed by atoms with E-state index in [1.165, 1.54) is 13.0 Å². The number of hydrogen-bond acceptors (Lipinski definition) is 4. The molecule has 0 aliphatic rings. The summed E-state index contributed by atoms with van der Waals surface area (Å²) in [7, 11) is 0. The Morgan fingerprint density at radius 2 is 1.78 bits per heavy atom. The van der Waals surface area contributed by atoms with Crippen molar-refractivity contribution in [2.24, 2.45) is 0 Å². The van der Waals surface area contributed by atoms with Gasteiger partial charge in [0.1, 0.15) is 17.9 Å². The lowest BCUT2D eigenvalue weighted by Gasteiger charge is -2.16. The number of nitrogens with one attached hydrogen (secondary N) is 1. The van der Waals surface area contributed by atoms with Gasteiger partial charge in [-0.3, -0.25) is 0 Å². The summed E-state index contributed by atoms with van der Waals surface area (Å²) in [5, 5.41) is 12.5. The van der Waals surface area contributed by atoms with Crippen molar-refractivity contribution in [2.45, 2.75) is 19.5 Å². The van der Waals surface area contributed by atoms with Crippen LogP contribution in [0.2, 0.25) is 0 Å². The van der Waals surface area contributed by atoms with Gasteiger partial charge in [-0.25, -0.2) is 4.79 Å². The second-order valence-corrected chi connectivity index (χ2v) is 5.74. The SMILES string of the molecule is Cc1c(CCNCCOC(=O)c2ccccc2)ccc(O)c1C(F)(F)F.Cl. The summed E-state index contributed by atoms with van der Waals surface area (Å²) in [4.78, 5) is 11.7. The molecular weight excluding hydrogens is 383 g/mol. The van der Waals surface area contributed by atoms with Crippen LogP contribution in [0.15, 0.2) is 42.5 Å². The van der Waals surface area contributed by atoms with Gasteiger partial charge < -0.3 is 15.2 Å². The summed E-state index contributed by atoms with van der Waals surface area (Å²) in [6.45, 7) is 2.32. The molecule has 0 bridgehead atoms. The molecule has 0 radical (unpaired) electrons. The summed E-state index contributed by atoms with van der Waals surface area (Å²) in [5.74, 6) is -1.18. The monoisotopic (exact) mass is 403 g/mol. The van der Waals surface area contributed by atoms with Crippen LogP contribution in [0.1, 0.15) is 27.0 Å². The smallest absolute Gasteiger partial charge is 0.420 e. The molecule has 2 rings (SSSR count). The van der Waals surface area contributed by atoms with E-state index in [0.717, 1.165) is 6.07 Å². The number of carbonyl (C=O) groups is 1. The highest BCUT2D eigenvalue weighted by atomic mass is 35.5. The Morgan fingerprint density at radius 3 is 2.41 bits per heavy atom. The maximum absolute atomic E-state index is 13.0. The molecule has 2 aromatic carbocycles. The molecule has 0 amide bonds. The van der Waals surface area contributed by atoms with Gasteiger partial charge in [0, 0.05) is 6.54 Å². The predicted molar refractivity (Wildman–Crippen MR) is 98.4 cm³/mol. The van der Waals surface area contributed by atoms with E-state index in [9.17, 15) is 23.1 Å². The van der Waals surface area contributed by atoms with Crippen LogP contribution in [0.5, 0.6) is 5.75 Å². The van der Waals surface area contributed by atoms with E-state index in [-0.39, 0.29) is 24.6 Å². The number of carbonyl (C=O) groups excluding carboxylic acids is 1. The van der Waals surface area contributed by atoms with Crippen LogP contribution in [-0.4, -0.2) is 30.8 Å². The van der Waals surface area contributed by atoms with Gasteiger partial charge in [-0.1, -0.05) is 24.3 Å². The van der Waals surface area contributed by atoms with Gasteiger partial charge in [-0.05, 0) is 49.2 Å². The van der Waals surface area contributed by atoms with Crippen molar-refractivity contribution in [3.05, 3.63) is 64.7 Å². The first kappa shape index (κ1) is 22.8. The van der Waals surface area contributed by atoms with Crippen molar-refractivity contribution in [3.8, 4) is 5.75 Å². The number of phenolic OH excluding ortho intramolecular Hbond substituents is 1. The Kier molecular flexibility index (Phi) is 8.59. The van der Waals surface area contributed by atoms with E-state index < -0.39 is 23.5 Å². The Balaban J connectivity index is 0.00000364. The summed E-state index contributed by atoms with van der Waals surface area (Å²) in [5.41, 5.74) is -0.00241. The van der Waals surface area contributed by atoms with Crippen molar-refractivity contribution < 1.29 is 27.8 Å². The minimum Gasteiger partial charge on any atom is -0.507 e. The summed E-state index contributed by atoms with van der Waals surface area (Å²) < 4.78 is 44.0. The molecule has 8 heteroatoms. The molecule has 0 unspecified atom stereocenters. The van der Waals surface area contributed by atoms with Crippen molar-refractivity contribution in [1.82, 2.24) is 5.32 Å². The minimum absolute atomic E-state index is 0. The standard InChI is InChI=1S/C19H20F3NO3.ClH/c1-13-14(7-8-16(24)17(13)19(20,21)22)9-10-23-11-12-26-18(25)15-5-3-2-4-6-15;/h2-8,23-24H,9-12H2,1H3;1H. The highest BCUT2D eigenvalue weighted by Gasteiger charge is 2.36. The molecule has 0 saturated carbocycles. The summed E-state index contributed by atoms with van der Waals surface area (Å²) in [6.07, 6.45) is -4.23. The fraction of sp³-hybridized carbons (Fsp3) is 0.316. The molecule has 27 heavy (non-hydrogen) atoms. The molecule has 0 aliphatic carbocycles. The third-order valence-electron chi connectivity index (χ3n) is 3.93. The lowest BCUT2D eigenvalue weighted by atomic mass is 9.98. The number of aromatic hydroxyl groups is 1. The average molecular weight is 404 g/mol. The number of alkyl halides is 3. The zero-order valence-corrected chi connectivity index (χ0v) is 15.5. The third kappa shape index (κ3) is 6.45. The molecule has 148 valence electrons. The molecule has 0 heterocycles. The van der Waals surface area contributed by atoms with Gasteiger partial charge in [-0.15, -0.1) is 12.4 Å². The fourth-order valence-corrected chi connectivity index (χ4v) is 2.59. The summed E-state index contributed by atoms with van der Waals surface area (Å²) >= 11 is 0. The van der Waals surface area contributed by atoms with Crippen LogP contribution in [0.3, 0.4) is 0 Å². The molecule has 0 aliphatic heterocycles. The predicted octanol–water partition coefficient (Wildman–Crippen LogP) is 4.13. The molecule has 0 saturated heterocycles. The molecule has 0 fully saturated rings. The van der Waals surface area contributed by atoms with Crippen LogP contribution in [0.4, 0.5) is 13.2 Å². The Hall–Kier alpha value is -2.25. The normalized spacial score (nSPS) is 11.0. The van der Waals surface area contributed by atoms with Crippen LogP contribution in [0, 0.1) is 6.92 Å². The number of halogens is 4. The minimum atomic E-state index is -4.59. The lowest BCUT2D eigenvalue weighted by Crippen LogP contribution is -2.24. The number of rotatable bonds is 7. The average Bonchev–Trinajstić information content (AvgIpc) is 2.59. The van der Waals surface area contributed by atoms with E-state index >= 15 is 0 Å². The number of hydrogen-bond donors (Lipinski definition) is 2. The molecule has 0 spiro atoms. The van der Waals surface area contributed by atoms with Gasteiger partial charge in [0.25, 0.3) is 0 Å². The zero-order valence-electron chi connectivity index (χ0n) is 14.7. The van der Waals surface area contributed by atoms with Gasteiger partial charge in [0.05, 0.1) is 5.56 Å². The van der Waals surface area contributed by atoms with E-state index in [2.05, 4.69) is 5.32 Å². The van der Waals surface area contributed by atoms with Crippen molar-refractivity contribution in [1.29, 1.82) is 0 Å². The quantitative estimate of drug-likeness (QED) is 0.539. The number of benzene rings is 2. The van der Waals surface area contributed by atoms with E-state index in [0.29, 0.717) is 30.6 Å². The molecule has 2 aromatic rings. The third-order valence-corrected chi connectivity index (χ3v) is 3.93. The van der Waals surface area contributed by atoms with Crippen LogP contribution >= 0.6 is 12.4 Å². The zero-order chi connectivity index (χ0) is 19.2. The molecule has 0 aromatic heterocycles. The van der Waals surface area contributed by atoms with E-state index in [1.54, 1.807) is 30.3 Å². The second-order valence-electron chi connectivity index (χ2n) is 5.74. The molecule has 2 N–H and O–H groups in total. The van der Waals surface area contributed by atoms with Crippen molar-refractivity contribution in [3.63, 3.8) is 0 Å². The van der Waals surface area contributed by atoms with Gasteiger partial charge in [0.15, 0.2) is 0 Å². The fourth-order valence-electron chi connectivity index (χ4n) is 2.59. The first-order valence-corrected chi connectivity index (χ1v) is 8.12. The highest BCUT2D eigenvalue weighted by Crippen LogP contribution is 2.39. The number of esters is 1. The van der Waals surface area contributed by atoms with Crippen LogP contribution < -0.4 is 5.32 Å². The maximum atomic E-state index is 13.0. The van der Waals surface area contributed by atoms with Gasteiger partial charge >= 0.3 is 12.1 Å². The summed E-state index contributed by atoms with van der Waals surface area (Å²) in [6, 6.07) is 11.1. The largest absolute Gasteiger partial charge is 0.507 e. The van der Waals surface area contributed by atoms with Crippen molar-refractivity contribution in [2.75, 3.05) is 19.7 Å². The van der Waals surface area contributed by atoms with Crippen LogP contribution in [-0.2, 0) is 17.3 Å².